The van der Waals surface area contributed by atoms with Gasteiger partial charge in [0.2, 0.25) is 0 Å². The molecule has 5 heteroatoms. The number of rotatable bonds is 5. The zero-order chi connectivity index (χ0) is 15.2. The van der Waals surface area contributed by atoms with Crippen molar-refractivity contribution in [3.8, 4) is 0 Å². The molecule has 2 rings (SSSR count). The summed E-state index contributed by atoms with van der Waals surface area (Å²) in [5.74, 6) is -1.05. The van der Waals surface area contributed by atoms with E-state index in [1.54, 1.807) is 0 Å². The number of nitrogens with zero attached hydrogens (tertiary/aromatic N) is 1. The molecule has 0 aromatic heterocycles. The number of aliphatic hydroxyl groups is 1. The van der Waals surface area contributed by atoms with Gasteiger partial charge in [0, 0.05) is 18.0 Å². The zero-order valence-electron chi connectivity index (χ0n) is 11.4. The van der Waals surface area contributed by atoms with Gasteiger partial charge in [-0.25, -0.2) is 4.39 Å². The number of amides is 1. The summed E-state index contributed by atoms with van der Waals surface area (Å²) in [4.78, 5) is 14.4. The van der Waals surface area contributed by atoms with Gasteiger partial charge in [0.05, 0.1) is 12.2 Å². The molecular formula is C16H16FNO2S. The van der Waals surface area contributed by atoms with Crippen LogP contribution in [0.25, 0.3) is 0 Å². The van der Waals surface area contributed by atoms with E-state index in [-0.39, 0.29) is 18.7 Å². The summed E-state index contributed by atoms with van der Waals surface area (Å²) >= 11 is 4.13. The number of hydrogen-bond acceptors (Lipinski definition) is 3. The first kappa shape index (κ1) is 15.5. The lowest BCUT2D eigenvalue weighted by atomic mass is 10.1. The fourth-order valence-electron chi connectivity index (χ4n) is 2.02. The van der Waals surface area contributed by atoms with Crippen molar-refractivity contribution in [2.24, 2.45) is 0 Å². The first-order valence-electron chi connectivity index (χ1n) is 6.54. The summed E-state index contributed by atoms with van der Waals surface area (Å²) in [5.41, 5.74) is 0.883. The molecule has 0 atom stereocenters. The molecule has 0 heterocycles. The third-order valence-electron chi connectivity index (χ3n) is 3.05. The molecule has 0 aliphatic heterocycles. The van der Waals surface area contributed by atoms with Crippen molar-refractivity contribution >= 4 is 18.5 Å². The molecule has 21 heavy (non-hydrogen) atoms. The Hall–Kier alpha value is -1.85. The summed E-state index contributed by atoms with van der Waals surface area (Å²) in [5, 5.41) is 9.13. The van der Waals surface area contributed by atoms with E-state index in [2.05, 4.69) is 12.6 Å². The average Bonchev–Trinajstić information content (AvgIpc) is 2.49. The first-order chi connectivity index (χ1) is 10.1. The molecule has 110 valence electrons. The van der Waals surface area contributed by atoms with Gasteiger partial charge in [-0.05, 0) is 23.8 Å². The molecule has 0 spiro atoms. The summed E-state index contributed by atoms with van der Waals surface area (Å²) in [6.45, 7) is 0.279. The molecule has 2 aromatic rings. The smallest absolute Gasteiger partial charge is 0.257 e. The van der Waals surface area contributed by atoms with Crippen LogP contribution in [0.3, 0.4) is 0 Å². The molecule has 0 radical (unpaired) electrons. The van der Waals surface area contributed by atoms with Crippen molar-refractivity contribution in [1.29, 1.82) is 0 Å². The third kappa shape index (κ3) is 4.06. The van der Waals surface area contributed by atoms with Crippen LogP contribution in [-0.2, 0) is 6.54 Å². The van der Waals surface area contributed by atoms with Crippen molar-refractivity contribution in [1.82, 2.24) is 4.90 Å². The lowest BCUT2D eigenvalue weighted by Gasteiger charge is -2.22. The zero-order valence-corrected chi connectivity index (χ0v) is 12.3. The maximum atomic E-state index is 13.8. The van der Waals surface area contributed by atoms with E-state index in [9.17, 15) is 9.18 Å². The molecule has 2 aromatic carbocycles. The number of aliphatic hydroxyl groups excluding tert-OH is 1. The Morgan fingerprint density at radius 3 is 2.57 bits per heavy atom. The predicted molar refractivity (Wildman–Crippen MR) is 81.9 cm³/mol. The second kappa shape index (κ2) is 7.24. The van der Waals surface area contributed by atoms with Gasteiger partial charge < -0.3 is 10.0 Å². The minimum atomic E-state index is -0.589. The molecule has 0 aliphatic rings. The van der Waals surface area contributed by atoms with Gasteiger partial charge >= 0.3 is 0 Å². The number of benzene rings is 2. The van der Waals surface area contributed by atoms with Crippen LogP contribution in [0.15, 0.2) is 53.4 Å². The maximum absolute atomic E-state index is 13.8. The standard InChI is InChI=1S/C16H16FNO2S/c17-15-7-6-13(21)10-14(15)16(20)18(8-9-19)11-12-4-2-1-3-5-12/h1-7,10,19,21H,8-9,11H2. The lowest BCUT2D eigenvalue weighted by Crippen LogP contribution is -2.33. The molecule has 0 bridgehead atoms. The Kier molecular flexibility index (Phi) is 5.36. The molecule has 1 amide bonds. The van der Waals surface area contributed by atoms with Crippen LogP contribution in [0.4, 0.5) is 4.39 Å². The second-order valence-electron chi connectivity index (χ2n) is 4.60. The van der Waals surface area contributed by atoms with Crippen molar-refractivity contribution in [3.05, 3.63) is 65.5 Å². The van der Waals surface area contributed by atoms with E-state index in [0.717, 1.165) is 5.56 Å². The van der Waals surface area contributed by atoms with E-state index in [0.29, 0.717) is 11.4 Å². The van der Waals surface area contributed by atoms with E-state index in [4.69, 9.17) is 5.11 Å². The van der Waals surface area contributed by atoms with E-state index in [1.807, 2.05) is 30.3 Å². The van der Waals surface area contributed by atoms with Crippen LogP contribution < -0.4 is 0 Å². The topological polar surface area (TPSA) is 40.5 Å². The molecule has 3 nitrogen and oxygen atoms in total. The summed E-state index contributed by atoms with van der Waals surface area (Å²) in [7, 11) is 0. The van der Waals surface area contributed by atoms with Gasteiger partial charge in [0.1, 0.15) is 5.82 Å². The quantitative estimate of drug-likeness (QED) is 0.834. The summed E-state index contributed by atoms with van der Waals surface area (Å²) < 4.78 is 13.8. The Balaban J connectivity index is 2.25. The predicted octanol–water partition coefficient (Wildman–Crippen LogP) is 2.75. The maximum Gasteiger partial charge on any atom is 0.257 e. The van der Waals surface area contributed by atoms with Crippen molar-refractivity contribution in [2.75, 3.05) is 13.2 Å². The Morgan fingerprint density at radius 1 is 1.19 bits per heavy atom. The molecule has 0 unspecified atom stereocenters. The van der Waals surface area contributed by atoms with Crippen LogP contribution in [-0.4, -0.2) is 29.1 Å². The van der Waals surface area contributed by atoms with E-state index >= 15 is 0 Å². The van der Waals surface area contributed by atoms with Gasteiger partial charge in [0.25, 0.3) is 5.91 Å². The Bertz CT molecular complexity index is 619. The summed E-state index contributed by atoms with van der Waals surface area (Å²) in [6.07, 6.45) is 0. The lowest BCUT2D eigenvalue weighted by molar-refractivity contribution is 0.0703. The molecule has 1 N–H and O–H groups in total. The van der Waals surface area contributed by atoms with Gasteiger partial charge in [-0.1, -0.05) is 30.3 Å². The van der Waals surface area contributed by atoms with Crippen LogP contribution >= 0.6 is 12.6 Å². The number of thiol groups is 1. The molecular weight excluding hydrogens is 289 g/mol. The number of carbonyl (C=O) groups excluding carboxylic acids is 1. The molecule has 0 fully saturated rings. The largest absolute Gasteiger partial charge is 0.395 e. The number of carbonyl (C=O) groups is 1. The van der Waals surface area contributed by atoms with Crippen molar-refractivity contribution in [2.45, 2.75) is 11.4 Å². The fourth-order valence-corrected chi connectivity index (χ4v) is 2.23. The van der Waals surface area contributed by atoms with Crippen molar-refractivity contribution in [3.63, 3.8) is 0 Å². The van der Waals surface area contributed by atoms with Gasteiger partial charge in [0.15, 0.2) is 0 Å². The fraction of sp³-hybridized carbons (Fsp3) is 0.188. The van der Waals surface area contributed by atoms with Gasteiger partial charge in [-0.2, -0.15) is 0 Å². The van der Waals surface area contributed by atoms with Crippen molar-refractivity contribution < 1.29 is 14.3 Å². The van der Waals surface area contributed by atoms with Crippen LogP contribution in [0.2, 0.25) is 0 Å². The van der Waals surface area contributed by atoms with Gasteiger partial charge in [-0.15, -0.1) is 12.6 Å². The van der Waals surface area contributed by atoms with Gasteiger partial charge in [-0.3, -0.25) is 4.79 Å². The average molecular weight is 305 g/mol. The summed E-state index contributed by atoms with van der Waals surface area (Å²) in [6, 6.07) is 13.5. The monoisotopic (exact) mass is 305 g/mol. The molecule has 0 saturated carbocycles. The van der Waals surface area contributed by atoms with E-state index < -0.39 is 11.7 Å². The van der Waals surface area contributed by atoms with Crippen LogP contribution in [0, 0.1) is 5.82 Å². The number of hydrogen-bond donors (Lipinski definition) is 2. The molecule has 0 saturated heterocycles. The normalized spacial score (nSPS) is 10.4. The highest BCUT2D eigenvalue weighted by molar-refractivity contribution is 7.80. The second-order valence-corrected chi connectivity index (χ2v) is 5.12. The number of halogens is 1. The Morgan fingerprint density at radius 2 is 1.90 bits per heavy atom. The first-order valence-corrected chi connectivity index (χ1v) is 6.99. The minimum Gasteiger partial charge on any atom is -0.395 e. The van der Waals surface area contributed by atoms with Crippen LogP contribution in [0.1, 0.15) is 15.9 Å². The minimum absolute atomic E-state index is 0.0353. The highest BCUT2D eigenvalue weighted by Crippen LogP contribution is 2.17. The highest BCUT2D eigenvalue weighted by Gasteiger charge is 2.19. The third-order valence-corrected chi connectivity index (χ3v) is 3.33. The highest BCUT2D eigenvalue weighted by atomic mass is 32.1. The Labute approximate surface area is 128 Å². The van der Waals surface area contributed by atoms with E-state index in [1.165, 1.54) is 23.1 Å². The van der Waals surface area contributed by atoms with Crippen LogP contribution in [0.5, 0.6) is 0 Å². The SMILES string of the molecule is O=C(c1cc(S)ccc1F)N(CCO)Cc1ccccc1. The molecule has 0 aliphatic carbocycles.